The maximum absolute atomic E-state index is 12.8. The van der Waals surface area contributed by atoms with E-state index in [0.717, 1.165) is 11.9 Å². The SMILES string of the molecule is CC1Cc2sccc2CN1C(=O)c1cc2ccc(Cl)cn2n1. The van der Waals surface area contributed by atoms with Crippen LogP contribution in [0, 0.1) is 0 Å². The van der Waals surface area contributed by atoms with Gasteiger partial charge in [0.1, 0.15) is 0 Å². The summed E-state index contributed by atoms with van der Waals surface area (Å²) in [5.41, 5.74) is 2.59. The number of aromatic nitrogens is 2. The standard InChI is InChI=1S/C16H14ClN3OS/c1-10-6-15-11(4-5-22-15)8-19(10)16(21)14-7-13-3-2-12(17)9-20(13)18-14/h2-5,7,9-10H,6,8H2,1H3. The summed E-state index contributed by atoms with van der Waals surface area (Å²) in [5, 5.41) is 7.07. The van der Waals surface area contributed by atoms with Crippen molar-refractivity contribution in [2.24, 2.45) is 0 Å². The van der Waals surface area contributed by atoms with Gasteiger partial charge in [-0.1, -0.05) is 11.6 Å². The Bertz CT molecular complexity index is 869. The van der Waals surface area contributed by atoms with Gasteiger partial charge in [0.15, 0.2) is 5.69 Å². The quantitative estimate of drug-likeness (QED) is 0.682. The minimum atomic E-state index is -0.0239. The lowest BCUT2D eigenvalue weighted by atomic mass is 10.0. The van der Waals surface area contributed by atoms with Gasteiger partial charge in [-0.2, -0.15) is 5.10 Å². The molecule has 4 rings (SSSR count). The van der Waals surface area contributed by atoms with Crippen molar-refractivity contribution in [1.82, 2.24) is 14.5 Å². The first-order chi connectivity index (χ1) is 10.6. The maximum atomic E-state index is 12.8. The number of hydrogen-bond donors (Lipinski definition) is 0. The van der Waals surface area contributed by atoms with Crippen molar-refractivity contribution < 1.29 is 4.79 Å². The van der Waals surface area contributed by atoms with Crippen molar-refractivity contribution in [3.05, 3.63) is 57.0 Å². The van der Waals surface area contributed by atoms with Crippen molar-refractivity contribution >= 4 is 34.4 Å². The molecule has 112 valence electrons. The molecule has 0 aromatic carbocycles. The molecule has 0 N–H and O–H groups in total. The molecular weight excluding hydrogens is 318 g/mol. The third kappa shape index (κ3) is 2.21. The summed E-state index contributed by atoms with van der Waals surface area (Å²) in [7, 11) is 0. The highest BCUT2D eigenvalue weighted by Crippen LogP contribution is 2.28. The van der Waals surface area contributed by atoms with Crippen molar-refractivity contribution in [3.63, 3.8) is 0 Å². The van der Waals surface area contributed by atoms with Crippen LogP contribution in [0.3, 0.4) is 0 Å². The summed E-state index contributed by atoms with van der Waals surface area (Å²) >= 11 is 7.74. The van der Waals surface area contributed by atoms with Gasteiger partial charge in [0, 0.05) is 30.1 Å². The highest BCUT2D eigenvalue weighted by Gasteiger charge is 2.29. The molecule has 0 spiro atoms. The lowest BCUT2D eigenvalue weighted by Gasteiger charge is -2.32. The molecule has 3 aromatic rings. The van der Waals surface area contributed by atoms with Gasteiger partial charge in [-0.3, -0.25) is 4.79 Å². The van der Waals surface area contributed by atoms with E-state index in [-0.39, 0.29) is 11.9 Å². The predicted molar refractivity (Wildman–Crippen MR) is 87.6 cm³/mol. The van der Waals surface area contributed by atoms with Crippen LogP contribution in [0.5, 0.6) is 0 Å². The fraction of sp³-hybridized carbons (Fsp3) is 0.250. The molecule has 6 heteroatoms. The van der Waals surface area contributed by atoms with Crippen LogP contribution < -0.4 is 0 Å². The smallest absolute Gasteiger partial charge is 0.274 e. The second-order valence-corrected chi connectivity index (χ2v) is 7.04. The molecule has 22 heavy (non-hydrogen) atoms. The van der Waals surface area contributed by atoms with Gasteiger partial charge in [0.25, 0.3) is 5.91 Å². The van der Waals surface area contributed by atoms with E-state index in [1.807, 2.05) is 17.0 Å². The van der Waals surface area contributed by atoms with E-state index in [2.05, 4.69) is 23.5 Å². The van der Waals surface area contributed by atoms with Crippen LogP contribution in [-0.2, 0) is 13.0 Å². The minimum absolute atomic E-state index is 0.0239. The first-order valence-corrected chi connectivity index (χ1v) is 8.39. The molecule has 1 amide bonds. The molecule has 0 saturated heterocycles. The highest BCUT2D eigenvalue weighted by molar-refractivity contribution is 7.10. The Labute approximate surface area is 136 Å². The number of fused-ring (bicyclic) bond motifs is 2. The Kier molecular flexibility index (Phi) is 3.20. The largest absolute Gasteiger partial charge is 0.330 e. The lowest BCUT2D eigenvalue weighted by molar-refractivity contribution is 0.0653. The number of hydrogen-bond acceptors (Lipinski definition) is 3. The molecule has 0 bridgehead atoms. The number of carbonyl (C=O) groups excluding carboxylic acids is 1. The van der Waals surface area contributed by atoms with Crippen molar-refractivity contribution in [2.75, 3.05) is 0 Å². The summed E-state index contributed by atoms with van der Waals surface area (Å²) in [6, 6.07) is 7.77. The summed E-state index contributed by atoms with van der Waals surface area (Å²) in [4.78, 5) is 16.1. The Morgan fingerprint density at radius 1 is 1.41 bits per heavy atom. The maximum Gasteiger partial charge on any atom is 0.274 e. The summed E-state index contributed by atoms with van der Waals surface area (Å²) < 4.78 is 1.65. The number of rotatable bonds is 1. The molecule has 4 heterocycles. The second kappa shape index (κ2) is 5.11. The molecule has 1 unspecified atom stereocenters. The zero-order valence-corrected chi connectivity index (χ0v) is 13.6. The normalized spacial score (nSPS) is 17.7. The van der Waals surface area contributed by atoms with Gasteiger partial charge in [-0.15, -0.1) is 11.3 Å². The number of pyridine rings is 1. The van der Waals surface area contributed by atoms with Crippen LogP contribution in [-0.4, -0.2) is 26.5 Å². The second-order valence-electron chi connectivity index (χ2n) is 5.60. The van der Waals surface area contributed by atoms with Crippen molar-refractivity contribution in [1.29, 1.82) is 0 Å². The molecule has 1 atom stereocenters. The molecule has 0 aliphatic carbocycles. The minimum Gasteiger partial charge on any atom is -0.330 e. The van der Waals surface area contributed by atoms with Gasteiger partial charge in [-0.25, -0.2) is 4.52 Å². The van der Waals surface area contributed by atoms with Crippen LogP contribution in [0.2, 0.25) is 5.02 Å². The summed E-state index contributed by atoms with van der Waals surface area (Å²) in [6.45, 7) is 2.75. The lowest BCUT2D eigenvalue weighted by Crippen LogP contribution is -2.42. The third-order valence-electron chi connectivity index (χ3n) is 4.09. The van der Waals surface area contributed by atoms with Crippen molar-refractivity contribution in [2.45, 2.75) is 25.9 Å². The first kappa shape index (κ1) is 13.8. The van der Waals surface area contributed by atoms with Gasteiger partial charge in [0.2, 0.25) is 0 Å². The molecule has 0 radical (unpaired) electrons. The van der Waals surface area contributed by atoms with Gasteiger partial charge in [0.05, 0.1) is 10.5 Å². The van der Waals surface area contributed by atoms with Crippen LogP contribution in [0.15, 0.2) is 35.8 Å². The predicted octanol–water partition coefficient (Wildman–Crippen LogP) is 3.64. The first-order valence-electron chi connectivity index (χ1n) is 7.13. The number of nitrogens with zero attached hydrogens (tertiary/aromatic N) is 3. The topological polar surface area (TPSA) is 37.6 Å². The zero-order valence-electron chi connectivity index (χ0n) is 12.0. The van der Waals surface area contributed by atoms with E-state index in [9.17, 15) is 4.79 Å². The third-order valence-corrected chi connectivity index (χ3v) is 5.30. The zero-order chi connectivity index (χ0) is 15.3. The van der Waals surface area contributed by atoms with E-state index < -0.39 is 0 Å². The average Bonchev–Trinajstić information content (AvgIpc) is 3.10. The Balaban J connectivity index is 1.68. The Morgan fingerprint density at radius 3 is 3.14 bits per heavy atom. The van der Waals surface area contributed by atoms with E-state index in [0.29, 0.717) is 17.3 Å². The highest BCUT2D eigenvalue weighted by atomic mass is 35.5. The summed E-state index contributed by atoms with van der Waals surface area (Å²) in [6.07, 6.45) is 2.63. The monoisotopic (exact) mass is 331 g/mol. The van der Waals surface area contributed by atoms with Gasteiger partial charge < -0.3 is 4.90 Å². The van der Waals surface area contributed by atoms with E-state index in [1.54, 1.807) is 28.1 Å². The number of carbonyl (C=O) groups is 1. The van der Waals surface area contributed by atoms with E-state index in [1.165, 1.54) is 10.4 Å². The summed E-state index contributed by atoms with van der Waals surface area (Å²) in [5.74, 6) is -0.0239. The molecule has 1 aliphatic rings. The van der Waals surface area contributed by atoms with Crippen LogP contribution in [0.1, 0.15) is 27.9 Å². The van der Waals surface area contributed by atoms with Crippen LogP contribution in [0.4, 0.5) is 0 Å². The van der Waals surface area contributed by atoms with Gasteiger partial charge in [-0.05, 0) is 42.1 Å². The fourth-order valence-corrected chi connectivity index (χ4v) is 4.06. The molecule has 1 aliphatic heterocycles. The number of thiophene rings is 1. The Morgan fingerprint density at radius 2 is 2.27 bits per heavy atom. The molecule has 0 fully saturated rings. The van der Waals surface area contributed by atoms with Crippen LogP contribution in [0.25, 0.3) is 5.52 Å². The van der Waals surface area contributed by atoms with Crippen molar-refractivity contribution in [3.8, 4) is 0 Å². The molecule has 3 aromatic heterocycles. The van der Waals surface area contributed by atoms with Gasteiger partial charge >= 0.3 is 0 Å². The van der Waals surface area contributed by atoms with E-state index >= 15 is 0 Å². The molecule has 4 nitrogen and oxygen atoms in total. The van der Waals surface area contributed by atoms with E-state index in [4.69, 9.17) is 11.6 Å². The Hall–Kier alpha value is -1.85. The number of amides is 1. The molecule has 0 saturated carbocycles. The molecular formula is C16H14ClN3OS. The average molecular weight is 332 g/mol. The van der Waals surface area contributed by atoms with Crippen LogP contribution >= 0.6 is 22.9 Å². The fourth-order valence-electron chi connectivity index (χ4n) is 2.89. The number of halogens is 1.